The number of rotatable bonds is 2. The van der Waals surface area contributed by atoms with Crippen molar-refractivity contribution in [1.29, 1.82) is 0 Å². The first-order valence-electron chi connectivity index (χ1n) is 8.19. The van der Waals surface area contributed by atoms with Crippen molar-refractivity contribution in [2.75, 3.05) is 5.73 Å². The fourth-order valence-electron chi connectivity index (χ4n) is 2.87. The molecule has 140 valence electrons. The van der Waals surface area contributed by atoms with Gasteiger partial charge in [-0.2, -0.15) is 13.2 Å². The van der Waals surface area contributed by atoms with Crippen molar-refractivity contribution in [1.82, 2.24) is 15.0 Å². The second kappa shape index (κ2) is 6.76. The smallest absolute Gasteiger partial charge is 0.384 e. The molecule has 28 heavy (non-hydrogen) atoms. The van der Waals surface area contributed by atoms with Crippen LogP contribution in [0.25, 0.3) is 33.5 Å². The van der Waals surface area contributed by atoms with E-state index in [1.807, 2.05) is 18.2 Å². The van der Waals surface area contributed by atoms with Gasteiger partial charge in [-0.25, -0.2) is 15.0 Å². The molecule has 0 aliphatic heterocycles. The molecule has 2 heterocycles. The lowest BCUT2D eigenvalue weighted by Crippen LogP contribution is -2.04. The average molecular weight is 401 g/mol. The highest BCUT2D eigenvalue weighted by Crippen LogP contribution is 2.32. The topological polar surface area (TPSA) is 64.7 Å². The van der Waals surface area contributed by atoms with Gasteiger partial charge in [0.25, 0.3) is 0 Å². The van der Waals surface area contributed by atoms with Gasteiger partial charge in [0.05, 0.1) is 16.8 Å². The van der Waals surface area contributed by atoms with Gasteiger partial charge in [0.2, 0.25) is 0 Å². The molecule has 8 heteroatoms. The second-order valence-corrected chi connectivity index (χ2v) is 6.48. The highest BCUT2D eigenvalue weighted by atomic mass is 35.5. The molecule has 0 unspecified atom stereocenters. The summed E-state index contributed by atoms with van der Waals surface area (Å²) in [5.41, 5.74) is 7.34. The van der Waals surface area contributed by atoms with Crippen LogP contribution in [0.15, 0.2) is 60.7 Å². The minimum Gasteiger partial charge on any atom is -0.384 e. The molecule has 0 aliphatic carbocycles. The molecule has 2 aromatic heterocycles. The van der Waals surface area contributed by atoms with E-state index in [2.05, 4.69) is 15.0 Å². The Morgan fingerprint density at radius 1 is 0.857 bits per heavy atom. The summed E-state index contributed by atoms with van der Waals surface area (Å²) < 4.78 is 38.4. The number of hydrogen-bond acceptors (Lipinski definition) is 4. The molecule has 2 aromatic carbocycles. The standard InChI is InChI=1S/C20H12ClF3N4/c21-16-9-6-12-2-1-3-14(18(12)27-16)19-26-15(10-17(25)28-19)11-4-7-13(8-5-11)20(22,23)24/h1-10H,(H2,25,26,28). The highest BCUT2D eigenvalue weighted by Gasteiger charge is 2.30. The van der Waals surface area contributed by atoms with Crippen LogP contribution in [0.2, 0.25) is 5.15 Å². The van der Waals surface area contributed by atoms with Gasteiger partial charge in [0, 0.05) is 22.6 Å². The fraction of sp³-hybridized carbons (Fsp3) is 0.0500. The van der Waals surface area contributed by atoms with Crippen molar-refractivity contribution in [2.45, 2.75) is 6.18 Å². The van der Waals surface area contributed by atoms with Crippen molar-refractivity contribution in [3.63, 3.8) is 0 Å². The van der Waals surface area contributed by atoms with Crippen molar-refractivity contribution in [2.24, 2.45) is 0 Å². The number of alkyl halides is 3. The van der Waals surface area contributed by atoms with E-state index in [1.165, 1.54) is 18.2 Å². The summed E-state index contributed by atoms with van der Waals surface area (Å²) in [6.45, 7) is 0. The summed E-state index contributed by atoms with van der Waals surface area (Å²) in [4.78, 5) is 13.1. The maximum absolute atomic E-state index is 12.8. The average Bonchev–Trinajstić information content (AvgIpc) is 2.66. The number of fused-ring (bicyclic) bond motifs is 1. The second-order valence-electron chi connectivity index (χ2n) is 6.09. The zero-order chi connectivity index (χ0) is 19.9. The van der Waals surface area contributed by atoms with Crippen LogP contribution >= 0.6 is 11.6 Å². The zero-order valence-corrected chi connectivity index (χ0v) is 15.0. The van der Waals surface area contributed by atoms with Crippen molar-refractivity contribution in [3.05, 3.63) is 71.4 Å². The molecule has 2 N–H and O–H groups in total. The molecule has 0 spiro atoms. The molecule has 0 bridgehead atoms. The number of anilines is 1. The van der Waals surface area contributed by atoms with Gasteiger partial charge in [-0.15, -0.1) is 0 Å². The largest absolute Gasteiger partial charge is 0.416 e. The van der Waals surface area contributed by atoms with E-state index in [0.29, 0.717) is 33.3 Å². The third kappa shape index (κ3) is 3.48. The van der Waals surface area contributed by atoms with Crippen molar-refractivity contribution >= 4 is 28.3 Å². The third-order valence-corrected chi connectivity index (χ3v) is 4.39. The molecule has 4 rings (SSSR count). The SMILES string of the molecule is Nc1cc(-c2ccc(C(F)(F)F)cc2)nc(-c2cccc3ccc(Cl)nc23)n1. The first kappa shape index (κ1) is 18.2. The molecule has 0 saturated heterocycles. The predicted molar refractivity (Wildman–Crippen MR) is 103 cm³/mol. The van der Waals surface area contributed by atoms with Gasteiger partial charge in [-0.3, -0.25) is 0 Å². The predicted octanol–water partition coefficient (Wildman–Crippen LogP) is 5.61. The van der Waals surface area contributed by atoms with E-state index in [1.54, 1.807) is 12.1 Å². The summed E-state index contributed by atoms with van der Waals surface area (Å²) >= 11 is 6.02. The molecule has 4 nitrogen and oxygen atoms in total. The maximum atomic E-state index is 12.8. The Kier molecular flexibility index (Phi) is 4.39. The molecular weight excluding hydrogens is 389 g/mol. The van der Waals surface area contributed by atoms with Gasteiger partial charge in [-0.05, 0) is 30.3 Å². The van der Waals surface area contributed by atoms with Crippen LogP contribution in [0, 0.1) is 0 Å². The monoisotopic (exact) mass is 400 g/mol. The van der Waals surface area contributed by atoms with Gasteiger partial charge in [-0.1, -0.05) is 35.9 Å². The lowest BCUT2D eigenvalue weighted by atomic mass is 10.1. The molecular formula is C20H12ClF3N4. The summed E-state index contributed by atoms with van der Waals surface area (Å²) in [7, 11) is 0. The summed E-state index contributed by atoms with van der Waals surface area (Å²) in [5.74, 6) is 0.509. The minimum atomic E-state index is -4.40. The fourth-order valence-corrected chi connectivity index (χ4v) is 3.02. The summed E-state index contributed by atoms with van der Waals surface area (Å²) in [6, 6.07) is 15.2. The number of nitrogens with two attached hydrogens (primary N) is 1. The van der Waals surface area contributed by atoms with Gasteiger partial charge < -0.3 is 5.73 Å². The van der Waals surface area contributed by atoms with Crippen LogP contribution in [-0.4, -0.2) is 15.0 Å². The summed E-state index contributed by atoms with van der Waals surface area (Å²) in [6.07, 6.45) is -4.40. The zero-order valence-electron chi connectivity index (χ0n) is 14.2. The number of nitrogen functional groups attached to an aromatic ring is 1. The Balaban J connectivity index is 1.84. The van der Waals surface area contributed by atoms with Gasteiger partial charge >= 0.3 is 6.18 Å². The molecule has 4 aromatic rings. The molecule has 0 aliphatic rings. The normalized spacial score (nSPS) is 11.7. The molecule has 0 radical (unpaired) electrons. The van der Waals surface area contributed by atoms with Crippen LogP contribution in [0.4, 0.5) is 19.0 Å². The van der Waals surface area contributed by atoms with Crippen LogP contribution in [0.5, 0.6) is 0 Å². The number of hydrogen-bond donors (Lipinski definition) is 1. The van der Waals surface area contributed by atoms with E-state index in [-0.39, 0.29) is 5.82 Å². The van der Waals surface area contributed by atoms with Crippen LogP contribution in [-0.2, 0) is 6.18 Å². The van der Waals surface area contributed by atoms with Gasteiger partial charge in [0.15, 0.2) is 5.82 Å². The Hall–Kier alpha value is -3.19. The van der Waals surface area contributed by atoms with E-state index >= 15 is 0 Å². The number of halogens is 4. The Bertz CT molecular complexity index is 1170. The van der Waals surface area contributed by atoms with E-state index in [0.717, 1.165) is 17.5 Å². The lowest BCUT2D eigenvalue weighted by molar-refractivity contribution is -0.137. The Morgan fingerprint density at radius 3 is 2.32 bits per heavy atom. The van der Waals surface area contributed by atoms with Crippen molar-refractivity contribution in [3.8, 4) is 22.6 Å². The number of benzene rings is 2. The highest BCUT2D eigenvalue weighted by molar-refractivity contribution is 6.29. The number of nitrogens with zero attached hydrogens (tertiary/aromatic N) is 3. The van der Waals surface area contributed by atoms with Crippen LogP contribution in [0.1, 0.15) is 5.56 Å². The van der Waals surface area contributed by atoms with Crippen molar-refractivity contribution < 1.29 is 13.2 Å². The third-order valence-electron chi connectivity index (χ3n) is 4.18. The maximum Gasteiger partial charge on any atom is 0.416 e. The number of aromatic nitrogens is 3. The van der Waals surface area contributed by atoms with Crippen LogP contribution < -0.4 is 5.73 Å². The quantitative estimate of drug-likeness (QED) is 0.444. The van der Waals surface area contributed by atoms with Gasteiger partial charge in [0.1, 0.15) is 11.0 Å². The van der Waals surface area contributed by atoms with Crippen LogP contribution in [0.3, 0.4) is 0 Å². The van der Waals surface area contributed by atoms with E-state index in [9.17, 15) is 13.2 Å². The lowest BCUT2D eigenvalue weighted by Gasteiger charge is -2.10. The minimum absolute atomic E-state index is 0.193. The first-order chi connectivity index (χ1) is 13.3. The Morgan fingerprint density at radius 2 is 1.61 bits per heavy atom. The molecule has 0 saturated carbocycles. The first-order valence-corrected chi connectivity index (χ1v) is 8.57. The van der Waals surface area contributed by atoms with E-state index < -0.39 is 11.7 Å². The number of pyridine rings is 1. The number of para-hydroxylation sites is 1. The summed E-state index contributed by atoms with van der Waals surface area (Å²) in [5, 5.41) is 1.18. The molecule has 0 fully saturated rings. The molecule has 0 atom stereocenters. The Labute approximate surface area is 162 Å². The molecule has 0 amide bonds. The van der Waals surface area contributed by atoms with E-state index in [4.69, 9.17) is 17.3 Å².